The zero-order valence-electron chi connectivity index (χ0n) is 7.18. The Bertz CT molecular complexity index is 398. The summed E-state index contributed by atoms with van der Waals surface area (Å²) in [6.07, 6.45) is -2.83. The summed E-state index contributed by atoms with van der Waals surface area (Å²) >= 11 is 1.56. The predicted molar refractivity (Wildman–Crippen MR) is 53.2 cm³/mol. The van der Waals surface area contributed by atoms with Gasteiger partial charge in [0.15, 0.2) is 0 Å². The standard InChI is InChI=1S/C8H5F3INO2/c9-6-3(1-5(14)15)7(8(10)11)13-2-4(6)12/h2,8H,1H2,(H,14,15). The molecule has 0 aliphatic rings. The van der Waals surface area contributed by atoms with Crippen molar-refractivity contribution in [2.45, 2.75) is 12.8 Å². The van der Waals surface area contributed by atoms with Crippen LogP contribution < -0.4 is 0 Å². The minimum Gasteiger partial charge on any atom is -0.481 e. The lowest BCUT2D eigenvalue weighted by Crippen LogP contribution is -2.09. The molecule has 0 spiro atoms. The van der Waals surface area contributed by atoms with Crippen LogP contribution in [0.3, 0.4) is 0 Å². The molecule has 0 bridgehead atoms. The van der Waals surface area contributed by atoms with E-state index in [1.807, 2.05) is 0 Å². The first-order valence-electron chi connectivity index (χ1n) is 3.76. The molecular formula is C8H5F3INO2. The maximum atomic E-state index is 13.3. The maximum Gasteiger partial charge on any atom is 0.308 e. The van der Waals surface area contributed by atoms with Crippen molar-refractivity contribution in [1.29, 1.82) is 0 Å². The van der Waals surface area contributed by atoms with Gasteiger partial charge in [-0.25, -0.2) is 13.2 Å². The van der Waals surface area contributed by atoms with Gasteiger partial charge in [-0.1, -0.05) is 0 Å². The van der Waals surface area contributed by atoms with Gasteiger partial charge in [-0.3, -0.25) is 9.78 Å². The Morgan fingerprint density at radius 2 is 2.20 bits per heavy atom. The molecule has 1 heterocycles. The number of carboxylic acid groups (broad SMARTS) is 1. The summed E-state index contributed by atoms with van der Waals surface area (Å²) in [4.78, 5) is 13.7. The molecule has 0 unspecified atom stereocenters. The largest absolute Gasteiger partial charge is 0.481 e. The summed E-state index contributed by atoms with van der Waals surface area (Å²) in [5.41, 5.74) is -1.36. The first-order valence-corrected chi connectivity index (χ1v) is 4.84. The van der Waals surface area contributed by atoms with Crippen LogP contribution >= 0.6 is 22.6 Å². The first-order chi connectivity index (χ1) is 6.93. The van der Waals surface area contributed by atoms with Crippen LogP contribution in [0.4, 0.5) is 13.2 Å². The zero-order chi connectivity index (χ0) is 11.6. The SMILES string of the molecule is O=C(O)Cc1c(C(F)F)ncc(I)c1F. The van der Waals surface area contributed by atoms with E-state index in [9.17, 15) is 18.0 Å². The molecule has 0 atom stereocenters. The topological polar surface area (TPSA) is 50.2 Å². The second-order valence-corrected chi connectivity index (χ2v) is 3.82. The smallest absolute Gasteiger partial charge is 0.308 e. The van der Waals surface area contributed by atoms with Crippen LogP contribution in [-0.4, -0.2) is 16.1 Å². The Labute approximate surface area is 96.5 Å². The molecule has 15 heavy (non-hydrogen) atoms. The second kappa shape index (κ2) is 4.77. The minimum absolute atomic E-state index is 0.0215. The summed E-state index contributed by atoms with van der Waals surface area (Å²) in [6.45, 7) is 0. The molecule has 0 amide bonds. The van der Waals surface area contributed by atoms with Gasteiger partial charge in [0.05, 0.1) is 9.99 Å². The average molecular weight is 331 g/mol. The highest BCUT2D eigenvalue weighted by molar-refractivity contribution is 14.1. The number of nitrogens with zero attached hydrogens (tertiary/aromatic N) is 1. The Morgan fingerprint density at radius 3 is 2.67 bits per heavy atom. The summed E-state index contributed by atoms with van der Waals surface area (Å²) in [5, 5.41) is 8.45. The van der Waals surface area contributed by atoms with Gasteiger partial charge in [-0.2, -0.15) is 0 Å². The summed E-state index contributed by atoms with van der Waals surface area (Å²) < 4.78 is 38.1. The van der Waals surface area contributed by atoms with Crippen molar-refractivity contribution >= 4 is 28.6 Å². The number of halogens is 4. The van der Waals surface area contributed by atoms with Gasteiger partial charge >= 0.3 is 5.97 Å². The van der Waals surface area contributed by atoms with Gasteiger partial charge in [0.1, 0.15) is 11.5 Å². The van der Waals surface area contributed by atoms with E-state index in [4.69, 9.17) is 5.11 Å². The molecule has 0 fully saturated rings. The van der Waals surface area contributed by atoms with Crippen LogP contribution in [0.1, 0.15) is 17.7 Å². The molecule has 82 valence electrons. The van der Waals surface area contributed by atoms with Gasteiger partial charge in [0.25, 0.3) is 6.43 Å². The zero-order valence-corrected chi connectivity index (χ0v) is 9.33. The van der Waals surface area contributed by atoms with E-state index in [0.717, 1.165) is 6.20 Å². The van der Waals surface area contributed by atoms with Crippen LogP contribution in [0.2, 0.25) is 0 Å². The van der Waals surface area contributed by atoms with Crippen molar-refractivity contribution in [3.8, 4) is 0 Å². The number of hydrogen-bond donors (Lipinski definition) is 1. The Hall–Kier alpha value is -0.860. The quantitative estimate of drug-likeness (QED) is 0.866. The molecule has 1 aromatic heterocycles. The highest BCUT2D eigenvalue weighted by atomic mass is 127. The van der Waals surface area contributed by atoms with Crippen LogP contribution in [0.5, 0.6) is 0 Å². The van der Waals surface area contributed by atoms with E-state index in [1.54, 1.807) is 22.6 Å². The molecule has 1 aromatic rings. The minimum atomic E-state index is -2.98. The van der Waals surface area contributed by atoms with E-state index in [1.165, 1.54) is 0 Å². The Balaban J connectivity index is 3.28. The number of aromatic nitrogens is 1. The molecule has 1 N–H and O–H groups in total. The van der Waals surface area contributed by atoms with E-state index in [-0.39, 0.29) is 3.57 Å². The number of aliphatic carboxylic acids is 1. The highest BCUT2D eigenvalue weighted by Gasteiger charge is 2.22. The van der Waals surface area contributed by atoms with Crippen LogP contribution in [-0.2, 0) is 11.2 Å². The van der Waals surface area contributed by atoms with Gasteiger partial charge in [-0.05, 0) is 22.6 Å². The summed E-state index contributed by atoms with van der Waals surface area (Å²) in [6, 6.07) is 0. The fraction of sp³-hybridized carbons (Fsp3) is 0.250. The molecule has 0 radical (unpaired) electrons. The molecule has 0 aliphatic heterocycles. The second-order valence-electron chi connectivity index (χ2n) is 2.66. The molecule has 7 heteroatoms. The van der Waals surface area contributed by atoms with Gasteiger partial charge in [0.2, 0.25) is 0 Å². The first kappa shape index (κ1) is 12.2. The lowest BCUT2D eigenvalue weighted by atomic mass is 10.1. The fourth-order valence-corrected chi connectivity index (χ4v) is 1.49. The van der Waals surface area contributed by atoms with Gasteiger partial charge < -0.3 is 5.11 Å². The van der Waals surface area contributed by atoms with Crippen molar-refractivity contribution < 1.29 is 23.1 Å². The monoisotopic (exact) mass is 331 g/mol. The van der Waals surface area contributed by atoms with Crippen molar-refractivity contribution in [1.82, 2.24) is 4.98 Å². The van der Waals surface area contributed by atoms with Crippen molar-refractivity contribution in [2.75, 3.05) is 0 Å². The van der Waals surface area contributed by atoms with Gasteiger partial charge in [0, 0.05) is 11.8 Å². The van der Waals surface area contributed by atoms with E-state index in [0.29, 0.717) is 0 Å². The third kappa shape index (κ3) is 2.80. The Morgan fingerprint density at radius 1 is 1.60 bits per heavy atom. The lowest BCUT2D eigenvalue weighted by Gasteiger charge is -2.07. The van der Waals surface area contributed by atoms with Crippen LogP contribution in [0.15, 0.2) is 6.20 Å². The number of pyridine rings is 1. The molecule has 3 nitrogen and oxygen atoms in total. The van der Waals surface area contributed by atoms with E-state index >= 15 is 0 Å². The van der Waals surface area contributed by atoms with Crippen molar-refractivity contribution in [3.63, 3.8) is 0 Å². The molecule has 0 saturated heterocycles. The third-order valence-corrected chi connectivity index (χ3v) is 2.39. The van der Waals surface area contributed by atoms with Gasteiger partial charge in [-0.15, -0.1) is 0 Å². The van der Waals surface area contributed by atoms with Crippen LogP contribution in [0.25, 0.3) is 0 Å². The fourth-order valence-electron chi connectivity index (χ4n) is 1.02. The average Bonchev–Trinajstić information content (AvgIpc) is 2.12. The van der Waals surface area contributed by atoms with Crippen molar-refractivity contribution in [2.24, 2.45) is 0 Å². The molecule has 1 rings (SSSR count). The summed E-state index contributed by atoms with van der Waals surface area (Å²) in [7, 11) is 0. The number of carboxylic acids is 1. The Kier molecular flexibility index (Phi) is 3.89. The van der Waals surface area contributed by atoms with Crippen molar-refractivity contribution in [3.05, 3.63) is 26.8 Å². The molecular weight excluding hydrogens is 326 g/mol. The van der Waals surface area contributed by atoms with E-state index in [2.05, 4.69) is 4.98 Å². The van der Waals surface area contributed by atoms with E-state index < -0.39 is 35.9 Å². The molecule has 0 aromatic carbocycles. The third-order valence-electron chi connectivity index (χ3n) is 1.64. The highest BCUT2D eigenvalue weighted by Crippen LogP contribution is 2.25. The maximum absolute atomic E-state index is 13.3. The molecule has 0 saturated carbocycles. The lowest BCUT2D eigenvalue weighted by molar-refractivity contribution is -0.136. The predicted octanol–water partition coefficient (Wildman–Crippen LogP) is 2.39. The normalized spacial score (nSPS) is 10.7. The number of alkyl halides is 2. The summed E-state index contributed by atoms with van der Waals surface area (Å²) in [5.74, 6) is -2.32. The van der Waals surface area contributed by atoms with Crippen LogP contribution in [0, 0.1) is 9.39 Å². The number of carbonyl (C=O) groups is 1. The number of hydrogen-bond acceptors (Lipinski definition) is 2. The number of rotatable bonds is 3. The molecule has 0 aliphatic carbocycles.